The number of hydrogen-bond donors (Lipinski definition) is 3. The molecule has 1 aliphatic heterocycles. The number of rotatable bonds is 7. The minimum Gasteiger partial charge on any atom is -0.467 e. The van der Waals surface area contributed by atoms with E-state index in [0.29, 0.717) is 18.8 Å². The van der Waals surface area contributed by atoms with Crippen LogP contribution in [0.5, 0.6) is 0 Å². The molecule has 1 saturated carbocycles. The summed E-state index contributed by atoms with van der Waals surface area (Å²) in [6, 6.07) is 25.6. The molecule has 1 aromatic heterocycles. The van der Waals surface area contributed by atoms with Gasteiger partial charge in [0.2, 0.25) is 5.91 Å². The summed E-state index contributed by atoms with van der Waals surface area (Å²) in [5.74, 6) is -0.114. The van der Waals surface area contributed by atoms with Crippen molar-refractivity contribution in [2.24, 2.45) is 5.92 Å². The Labute approximate surface area is 235 Å². The lowest BCUT2D eigenvalue weighted by Crippen LogP contribution is -2.55. The van der Waals surface area contributed by atoms with E-state index >= 15 is 0 Å². The van der Waals surface area contributed by atoms with Crippen LogP contribution in [0, 0.1) is 5.92 Å². The van der Waals surface area contributed by atoms with Crippen LogP contribution in [0.3, 0.4) is 0 Å². The van der Waals surface area contributed by atoms with E-state index in [9.17, 15) is 9.59 Å². The molecule has 6 rings (SSSR count). The van der Waals surface area contributed by atoms with Crippen molar-refractivity contribution in [3.63, 3.8) is 0 Å². The SMILES string of the molecule is COC(=O)C(Cc1ccc(-c2ccccc2)cc1)NC(=O)[C@H]1Cc2c([nH]c3ccccc23)[C@H](C2CCCCC2)N1. The van der Waals surface area contributed by atoms with E-state index in [4.69, 9.17) is 4.74 Å². The second-order valence-corrected chi connectivity index (χ2v) is 11.2. The zero-order chi connectivity index (χ0) is 27.5. The molecule has 6 nitrogen and oxygen atoms in total. The number of methoxy groups -OCH3 is 1. The van der Waals surface area contributed by atoms with Gasteiger partial charge in [0.05, 0.1) is 19.2 Å². The van der Waals surface area contributed by atoms with Gasteiger partial charge in [-0.15, -0.1) is 0 Å². The molecule has 0 spiro atoms. The maximum atomic E-state index is 13.8. The topological polar surface area (TPSA) is 83.2 Å². The highest BCUT2D eigenvalue weighted by Crippen LogP contribution is 2.40. The maximum absolute atomic E-state index is 13.8. The van der Waals surface area contributed by atoms with E-state index in [1.807, 2.05) is 36.4 Å². The Hall–Kier alpha value is -3.90. The van der Waals surface area contributed by atoms with Crippen LogP contribution in [0.2, 0.25) is 0 Å². The molecule has 1 aliphatic carbocycles. The number of amides is 1. The smallest absolute Gasteiger partial charge is 0.328 e. The monoisotopic (exact) mass is 535 g/mol. The second kappa shape index (κ2) is 11.7. The number of H-pyrrole nitrogens is 1. The highest BCUT2D eigenvalue weighted by Gasteiger charge is 2.38. The lowest BCUT2D eigenvalue weighted by Gasteiger charge is -2.37. The molecule has 1 unspecified atom stereocenters. The summed E-state index contributed by atoms with van der Waals surface area (Å²) in [6.45, 7) is 0. The van der Waals surface area contributed by atoms with E-state index in [0.717, 1.165) is 35.0 Å². The fraction of sp³-hybridized carbons (Fsp3) is 0.353. The number of esters is 1. The van der Waals surface area contributed by atoms with Crippen molar-refractivity contribution in [1.82, 2.24) is 15.6 Å². The minimum atomic E-state index is -0.764. The molecule has 40 heavy (non-hydrogen) atoms. The van der Waals surface area contributed by atoms with Crippen LogP contribution in [-0.2, 0) is 27.2 Å². The zero-order valence-corrected chi connectivity index (χ0v) is 23.0. The number of aromatic nitrogens is 1. The van der Waals surface area contributed by atoms with Crippen LogP contribution in [0.1, 0.15) is 55.0 Å². The van der Waals surface area contributed by atoms with Crippen LogP contribution in [0.15, 0.2) is 78.9 Å². The maximum Gasteiger partial charge on any atom is 0.328 e. The van der Waals surface area contributed by atoms with Crippen molar-refractivity contribution in [1.29, 1.82) is 0 Å². The van der Waals surface area contributed by atoms with Gasteiger partial charge in [0.25, 0.3) is 0 Å². The van der Waals surface area contributed by atoms with Crippen molar-refractivity contribution in [2.45, 2.75) is 63.1 Å². The van der Waals surface area contributed by atoms with Gasteiger partial charge in [-0.2, -0.15) is 0 Å². The number of benzene rings is 3. The molecule has 2 aliphatic rings. The van der Waals surface area contributed by atoms with Crippen molar-refractivity contribution < 1.29 is 14.3 Å². The normalized spacial score (nSPS) is 20.0. The Kier molecular flexibility index (Phi) is 7.69. The predicted molar refractivity (Wildman–Crippen MR) is 158 cm³/mol. The number of nitrogens with one attached hydrogen (secondary N) is 3. The van der Waals surface area contributed by atoms with Gasteiger partial charge in [0, 0.05) is 23.0 Å². The number of carbonyl (C=O) groups is 2. The molecule has 4 aromatic rings. The quantitative estimate of drug-likeness (QED) is 0.259. The predicted octanol–water partition coefficient (Wildman–Crippen LogP) is 5.87. The summed E-state index contributed by atoms with van der Waals surface area (Å²) in [5.41, 5.74) is 6.77. The first kappa shape index (κ1) is 26.3. The molecule has 3 N–H and O–H groups in total. The summed E-state index contributed by atoms with van der Waals surface area (Å²) in [5, 5.41) is 7.92. The molecular weight excluding hydrogens is 498 g/mol. The molecule has 3 aromatic carbocycles. The number of ether oxygens (including phenoxy) is 1. The zero-order valence-electron chi connectivity index (χ0n) is 23.0. The van der Waals surface area contributed by atoms with Gasteiger partial charge in [0.1, 0.15) is 6.04 Å². The summed E-state index contributed by atoms with van der Waals surface area (Å²) < 4.78 is 5.10. The van der Waals surface area contributed by atoms with Gasteiger partial charge < -0.3 is 15.0 Å². The molecule has 2 heterocycles. The molecule has 206 valence electrons. The third-order valence-electron chi connectivity index (χ3n) is 8.69. The van der Waals surface area contributed by atoms with Crippen molar-refractivity contribution in [3.8, 4) is 11.1 Å². The van der Waals surface area contributed by atoms with Crippen molar-refractivity contribution in [2.75, 3.05) is 7.11 Å². The Morgan fingerprint density at radius 1 is 0.900 bits per heavy atom. The van der Waals surface area contributed by atoms with E-state index in [1.54, 1.807) is 0 Å². The van der Waals surface area contributed by atoms with Gasteiger partial charge in [-0.1, -0.05) is 92.1 Å². The van der Waals surface area contributed by atoms with Crippen LogP contribution in [-0.4, -0.2) is 36.1 Å². The number of carbonyl (C=O) groups excluding carboxylic acids is 2. The first-order chi connectivity index (χ1) is 19.6. The molecule has 0 radical (unpaired) electrons. The molecule has 3 atom stereocenters. The summed E-state index contributed by atoms with van der Waals surface area (Å²) in [4.78, 5) is 30.2. The lowest BCUT2D eigenvalue weighted by atomic mass is 9.79. The van der Waals surface area contributed by atoms with Crippen LogP contribution < -0.4 is 10.6 Å². The summed E-state index contributed by atoms with van der Waals surface area (Å²) >= 11 is 0. The molecular formula is C34H37N3O3. The molecule has 6 heteroatoms. The van der Waals surface area contributed by atoms with E-state index in [2.05, 4.69) is 58.1 Å². The van der Waals surface area contributed by atoms with Gasteiger partial charge in [-0.3, -0.25) is 10.1 Å². The van der Waals surface area contributed by atoms with Gasteiger partial charge in [-0.25, -0.2) is 4.79 Å². The number of hydrogen-bond acceptors (Lipinski definition) is 4. The summed E-state index contributed by atoms with van der Waals surface area (Å²) in [7, 11) is 1.37. The number of para-hydroxylation sites is 1. The van der Waals surface area contributed by atoms with Crippen LogP contribution >= 0.6 is 0 Å². The molecule has 1 amide bonds. The Morgan fingerprint density at radius 2 is 1.60 bits per heavy atom. The van der Waals surface area contributed by atoms with Gasteiger partial charge in [-0.05, 0) is 53.5 Å². The molecule has 0 bridgehead atoms. The fourth-order valence-corrected chi connectivity index (χ4v) is 6.58. The van der Waals surface area contributed by atoms with Crippen LogP contribution in [0.25, 0.3) is 22.0 Å². The van der Waals surface area contributed by atoms with Crippen LogP contribution in [0.4, 0.5) is 0 Å². The fourth-order valence-electron chi connectivity index (χ4n) is 6.58. The largest absolute Gasteiger partial charge is 0.467 e. The third kappa shape index (κ3) is 5.41. The Bertz CT molecular complexity index is 1470. The molecule has 0 saturated heterocycles. The number of aromatic amines is 1. The average molecular weight is 536 g/mol. The van der Waals surface area contributed by atoms with E-state index in [1.165, 1.54) is 43.0 Å². The van der Waals surface area contributed by atoms with Crippen molar-refractivity contribution >= 4 is 22.8 Å². The average Bonchev–Trinajstić information content (AvgIpc) is 3.40. The first-order valence-corrected chi connectivity index (χ1v) is 14.5. The third-order valence-corrected chi connectivity index (χ3v) is 8.69. The minimum absolute atomic E-state index is 0.0920. The van der Waals surface area contributed by atoms with Gasteiger partial charge >= 0.3 is 5.97 Å². The molecule has 1 fully saturated rings. The second-order valence-electron chi connectivity index (χ2n) is 11.2. The lowest BCUT2D eigenvalue weighted by molar-refractivity contribution is -0.145. The Morgan fingerprint density at radius 3 is 2.35 bits per heavy atom. The van der Waals surface area contributed by atoms with E-state index < -0.39 is 18.1 Å². The van der Waals surface area contributed by atoms with E-state index in [-0.39, 0.29) is 11.9 Å². The first-order valence-electron chi connectivity index (χ1n) is 14.5. The highest BCUT2D eigenvalue weighted by molar-refractivity contribution is 5.90. The van der Waals surface area contributed by atoms with Gasteiger partial charge in [0.15, 0.2) is 0 Å². The standard InChI is InChI=1S/C34H37N3O3/c1-40-34(39)30(20-22-16-18-24(19-17-22)23-10-4-2-5-11-23)37-33(38)29-21-27-26-14-8-9-15-28(26)35-32(27)31(36-29)25-12-6-3-7-13-25/h2,4-5,8-11,14-19,25,29-31,35-36H,3,6-7,12-13,20-21H2,1H3,(H,37,38)/t29-,30?,31+/m1/s1. The highest BCUT2D eigenvalue weighted by atomic mass is 16.5. The number of fused-ring (bicyclic) bond motifs is 3. The summed E-state index contributed by atoms with van der Waals surface area (Å²) in [6.07, 6.45) is 6.99. The van der Waals surface area contributed by atoms with Crippen molar-refractivity contribution in [3.05, 3.63) is 95.7 Å². The Balaban J connectivity index is 1.22.